The molecule has 0 unspecified atom stereocenters. The van der Waals surface area contributed by atoms with Gasteiger partial charge in [-0.2, -0.15) is 0 Å². The number of hydrogen-bond donors (Lipinski definition) is 1. The molecule has 30 heavy (non-hydrogen) atoms. The molecule has 1 aliphatic heterocycles. The van der Waals surface area contributed by atoms with Gasteiger partial charge in [0.05, 0.1) is 18.5 Å². The molecule has 0 atom stereocenters. The number of hydrogen-bond acceptors (Lipinski definition) is 7. The van der Waals surface area contributed by atoms with Crippen molar-refractivity contribution in [2.24, 2.45) is 0 Å². The minimum absolute atomic E-state index is 0.00742. The van der Waals surface area contributed by atoms with Crippen molar-refractivity contribution in [3.63, 3.8) is 0 Å². The zero-order chi connectivity index (χ0) is 20.7. The van der Waals surface area contributed by atoms with Gasteiger partial charge >= 0.3 is 5.63 Å². The van der Waals surface area contributed by atoms with Crippen LogP contribution in [0.2, 0.25) is 0 Å². The fourth-order valence-electron chi connectivity index (χ4n) is 3.37. The van der Waals surface area contributed by atoms with Gasteiger partial charge in [0, 0.05) is 23.2 Å². The second-order valence-corrected chi connectivity index (χ2v) is 7.87. The predicted molar refractivity (Wildman–Crippen MR) is 110 cm³/mol. The van der Waals surface area contributed by atoms with Gasteiger partial charge in [-0.05, 0) is 24.3 Å². The molecule has 1 N–H and O–H groups in total. The number of para-hydroxylation sites is 1. The van der Waals surface area contributed by atoms with Crippen molar-refractivity contribution < 1.29 is 18.4 Å². The molecule has 0 spiro atoms. The highest BCUT2D eigenvalue weighted by atomic mass is 32.1. The molecule has 4 heterocycles. The number of aromatic nitrogens is 1. The van der Waals surface area contributed by atoms with Gasteiger partial charge in [-0.1, -0.05) is 29.5 Å². The highest BCUT2D eigenvalue weighted by molar-refractivity contribution is 7.15. The summed E-state index contributed by atoms with van der Waals surface area (Å²) in [5, 5.41) is 3.85. The first-order chi connectivity index (χ1) is 14.6. The standard InChI is InChI=1S/C21H15N3O5S/c25-18(16-6-3-9-28-16)23-21-22-14-7-8-24(11-17(14)30-21)19(26)13-10-12-4-1-2-5-15(12)29-20(13)27/h1-6,9-10H,7-8,11H2,(H,22,23,25). The summed E-state index contributed by atoms with van der Waals surface area (Å²) in [6.07, 6.45) is 1.96. The summed E-state index contributed by atoms with van der Waals surface area (Å²) in [7, 11) is 0. The van der Waals surface area contributed by atoms with Gasteiger partial charge in [-0.3, -0.25) is 14.9 Å². The van der Waals surface area contributed by atoms with Crippen LogP contribution in [-0.4, -0.2) is 28.2 Å². The molecule has 150 valence electrons. The van der Waals surface area contributed by atoms with E-state index >= 15 is 0 Å². The summed E-state index contributed by atoms with van der Waals surface area (Å²) in [5.41, 5.74) is 0.636. The van der Waals surface area contributed by atoms with E-state index in [0.29, 0.717) is 35.6 Å². The van der Waals surface area contributed by atoms with E-state index in [0.717, 1.165) is 10.6 Å². The van der Waals surface area contributed by atoms with Crippen LogP contribution < -0.4 is 10.9 Å². The molecule has 9 heteroatoms. The van der Waals surface area contributed by atoms with Crippen LogP contribution in [0.1, 0.15) is 31.5 Å². The molecule has 0 saturated heterocycles. The highest BCUT2D eigenvalue weighted by Crippen LogP contribution is 2.29. The number of benzene rings is 1. The fourth-order valence-corrected chi connectivity index (χ4v) is 4.39. The Morgan fingerprint density at radius 1 is 1.17 bits per heavy atom. The Labute approximate surface area is 173 Å². The van der Waals surface area contributed by atoms with Gasteiger partial charge in [0.25, 0.3) is 11.8 Å². The number of furan rings is 1. The number of nitrogens with one attached hydrogen (secondary N) is 1. The molecule has 5 rings (SSSR count). The number of anilines is 1. The van der Waals surface area contributed by atoms with E-state index in [1.807, 2.05) is 6.07 Å². The van der Waals surface area contributed by atoms with Crippen LogP contribution in [0.5, 0.6) is 0 Å². The molecule has 3 aromatic heterocycles. The van der Waals surface area contributed by atoms with Crippen LogP contribution in [0.25, 0.3) is 11.0 Å². The summed E-state index contributed by atoms with van der Waals surface area (Å²) in [6, 6.07) is 11.8. The van der Waals surface area contributed by atoms with Crippen LogP contribution in [-0.2, 0) is 13.0 Å². The first kappa shape index (κ1) is 18.3. The Hall–Kier alpha value is -3.72. The van der Waals surface area contributed by atoms with E-state index in [1.54, 1.807) is 41.3 Å². The lowest BCUT2D eigenvalue weighted by molar-refractivity contribution is 0.0732. The Morgan fingerprint density at radius 3 is 2.87 bits per heavy atom. The summed E-state index contributed by atoms with van der Waals surface area (Å²) in [6.45, 7) is 0.738. The quantitative estimate of drug-likeness (QED) is 0.509. The van der Waals surface area contributed by atoms with Gasteiger partial charge in [0.15, 0.2) is 10.9 Å². The van der Waals surface area contributed by atoms with Crippen molar-refractivity contribution in [2.45, 2.75) is 13.0 Å². The van der Waals surface area contributed by atoms with E-state index in [1.165, 1.54) is 17.6 Å². The fraction of sp³-hybridized carbons (Fsp3) is 0.143. The van der Waals surface area contributed by atoms with E-state index in [9.17, 15) is 14.4 Å². The van der Waals surface area contributed by atoms with E-state index in [4.69, 9.17) is 8.83 Å². The average Bonchev–Trinajstić information content (AvgIpc) is 3.41. The predicted octanol–water partition coefficient (Wildman–Crippen LogP) is 3.29. The lowest BCUT2D eigenvalue weighted by Gasteiger charge is -2.25. The topological polar surface area (TPSA) is 106 Å². The van der Waals surface area contributed by atoms with E-state index < -0.39 is 5.63 Å². The van der Waals surface area contributed by atoms with Crippen molar-refractivity contribution >= 4 is 39.3 Å². The smallest absolute Gasteiger partial charge is 0.349 e. The van der Waals surface area contributed by atoms with Crippen LogP contribution in [0, 0.1) is 0 Å². The molecular weight excluding hydrogens is 406 g/mol. The largest absolute Gasteiger partial charge is 0.459 e. The average molecular weight is 421 g/mol. The Balaban J connectivity index is 1.36. The van der Waals surface area contributed by atoms with Gasteiger partial charge in [-0.25, -0.2) is 9.78 Å². The molecule has 1 aromatic carbocycles. The Bertz CT molecular complexity index is 1320. The highest BCUT2D eigenvalue weighted by Gasteiger charge is 2.27. The maximum absolute atomic E-state index is 13.0. The zero-order valence-electron chi connectivity index (χ0n) is 15.6. The first-order valence-electron chi connectivity index (χ1n) is 9.24. The van der Waals surface area contributed by atoms with Crippen LogP contribution in [0.15, 0.2) is 62.4 Å². The van der Waals surface area contributed by atoms with Crippen molar-refractivity contribution in [3.8, 4) is 0 Å². The molecule has 0 radical (unpaired) electrons. The molecule has 2 amide bonds. The number of carbonyl (C=O) groups excluding carboxylic acids is 2. The number of carbonyl (C=O) groups is 2. The molecule has 4 aromatic rings. The van der Waals surface area contributed by atoms with E-state index in [2.05, 4.69) is 10.3 Å². The third-order valence-corrected chi connectivity index (χ3v) is 5.85. The monoisotopic (exact) mass is 421 g/mol. The van der Waals surface area contributed by atoms with Crippen LogP contribution in [0.4, 0.5) is 5.13 Å². The minimum atomic E-state index is -0.653. The second-order valence-electron chi connectivity index (χ2n) is 6.78. The van der Waals surface area contributed by atoms with Crippen LogP contribution >= 0.6 is 11.3 Å². The minimum Gasteiger partial charge on any atom is -0.459 e. The second kappa shape index (κ2) is 7.27. The van der Waals surface area contributed by atoms with Gasteiger partial charge in [0.2, 0.25) is 0 Å². The molecule has 0 saturated carbocycles. The normalized spacial score (nSPS) is 13.3. The van der Waals surface area contributed by atoms with Crippen molar-refractivity contribution in [3.05, 3.63) is 81.0 Å². The van der Waals surface area contributed by atoms with Gasteiger partial charge in [0.1, 0.15) is 11.1 Å². The van der Waals surface area contributed by atoms with Crippen molar-refractivity contribution in [1.82, 2.24) is 9.88 Å². The lowest BCUT2D eigenvalue weighted by atomic mass is 10.1. The Morgan fingerprint density at radius 2 is 2.03 bits per heavy atom. The molecule has 0 aliphatic carbocycles. The number of thiazole rings is 1. The van der Waals surface area contributed by atoms with Gasteiger partial charge in [-0.15, -0.1) is 0 Å². The maximum atomic E-state index is 13.0. The molecule has 0 fully saturated rings. The zero-order valence-corrected chi connectivity index (χ0v) is 16.4. The van der Waals surface area contributed by atoms with Gasteiger partial charge < -0.3 is 13.7 Å². The Kier molecular flexibility index (Phi) is 4.44. The molecule has 1 aliphatic rings. The number of fused-ring (bicyclic) bond motifs is 2. The number of rotatable bonds is 3. The van der Waals surface area contributed by atoms with E-state index in [-0.39, 0.29) is 23.1 Å². The van der Waals surface area contributed by atoms with Crippen LogP contribution in [0.3, 0.4) is 0 Å². The SMILES string of the molecule is O=C(Nc1nc2c(s1)CN(C(=O)c1cc3ccccc3oc1=O)CC2)c1ccco1. The number of amides is 2. The summed E-state index contributed by atoms with van der Waals surface area (Å²) >= 11 is 1.30. The first-order valence-corrected chi connectivity index (χ1v) is 10.1. The lowest BCUT2D eigenvalue weighted by Crippen LogP contribution is -2.37. The molecule has 8 nitrogen and oxygen atoms in total. The summed E-state index contributed by atoms with van der Waals surface area (Å²) in [5.74, 6) is -0.564. The third kappa shape index (κ3) is 3.29. The van der Waals surface area contributed by atoms with Crippen molar-refractivity contribution in [1.29, 1.82) is 0 Å². The molecular formula is C21H15N3O5S. The summed E-state index contributed by atoms with van der Waals surface area (Å²) < 4.78 is 10.4. The summed E-state index contributed by atoms with van der Waals surface area (Å²) in [4.78, 5) is 44.4. The van der Waals surface area contributed by atoms with Crippen molar-refractivity contribution in [2.75, 3.05) is 11.9 Å². The molecule has 0 bridgehead atoms. The number of nitrogens with zero attached hydrogens (tertiary/aromatic N) is 2. The third-order valence-electron chi connectivity index (χ3n) is 4.86. The maximum Gasteiger partial charge on any atom is 0.349 e.